The van der Waals surface area contributed by atoms with E-state index in [0.717, 1.165) is 12.1 Å². The highest BCUT2D eigenvalue weighted by Gasteiger charge is 2.42. The first-order valence-corrected chi connectivity index (χ1v) is 8.56. The molecule has 2 fully saturated rings. The minimum atomic E-state index is -4.84. The number of fused-ring (bicyclic) bond motifs is 1. The van der Waals surface area contributed by atoms with E-state index in [0.29, 0.717) is 6.07 Å². The zero-order valence-electron chi connectivity index (χ0n) is 14.5. The van der Waals surface area contributed by atoms with Gasteiger partial charge in [0, 0.05) is 13.1 Å². The van der Waals surface area contributed by atoms with Gasteiger partial charge in [-0.05, 0) is 18.2 Å². The number of benzene rings is 1. The van der Waals surface area contributed by atoms with E-state index in [9.17, 15) is 22.4 Å². The molecule has 7 nitrogen and oxygen atoms in total. The van der Waals surface area contributed by atoms with Crippen LogP contribution in [0.5, 0.6) is 0 Å². The SMILES string of the molecule is O=C(c1ccc(F)cc1C(F)(F)F)N1C[C@@H]2OCC(n3cncn3)CO[C@H]2C1. The van der Waals surface area contributed by atoms with Gasteiger partial charge in [0.15, 0.2) is 0 Å². The number of likely N-dealkylation sites (tertiary alicyclic amines) is 1. The fourth-order valence-corrected chi connectivity index (χ4v) is 3.41. The van der Waals surface area contributed by atoms with Crippen LogP contribution in [-0.4, -0.2) is 64.1 Å². The third-order valence-corrected chi connectivity index (χ3v) is 4.84. The molecule has 0 bridgehead atoms. The Morgan fingerprint density at radius 1 is 1.14 bits per heavy atom. The number of nitrogens with zero attached hydrogens (tertiary/aromatic N) is 4. The summed E-state index contributed by atoms with van der Waals surface area (Å²) in [5.74, 6) is -1.89. The molecule has 11 heteroatoms. The Bertz CT molecular complexity index is 843. The highest BCUT2D eigenvalue weighted by Crippen LogP contribution is 2.34. The van der Waals surface area contributed by atoms with Crippen molar-refractivity contribution in [1.29, 1.82) is 0 Å². The summed E-state index contributed by atoms with van der Waals surface area (Å²) in [5.41, 5.74) is -1.89. The average molecular weight is 400 g/mol. The Hall–Kier alpha value is -2.53. The molecule has 0 spiro atoms. The molecule has 0 aliphatic carbocycles. The van der Waals surface area contributed by atoms with Crippen molar-refractivity contribution in [2.75, 3.05) is 26.3 Å². The van der Waals surface area contributed by atoms with Crippen molar-refractivity contribution in [2.45, 2.75) is 24.4 Å². The lowest BCUT2D eigenvalue weighted by Gasteiger charge is -2.20. The monoisotopic (exact) mass is 400 g/mol. The molecule has 0 saturated carbocycles. The molecule has 1 aromatic heterocycles. The first-order valence-electron chi connectivity index (χ1n) is 8.56. The van der Waals surface area contributed by atoms with Crippen molar-refractivity contribution in [2.24, 2.45) is 0 Å². The topological polar surface area (TPSA) is 69.5 Å². The van der Waals surface area contributed by atoms with Gasteiger partial charge in [-0.15, -0.1) is 0 Å². The lowest BCUT2D eigenvalue weighted by molar-refractivity contribution is -0.138. The van der Waals surface area contributed by atoms with Gasteiger partial charge < -0.3 is 14.4 Å². The van der Waals surface area contributed by atoms with Gasteiger partial charge >= 0.3 is 6.18 Å². The highest BCUT2D eigenvalue weighted by atomic mass is 19.4. The van der Waals surface area contributed by atoms with Gasteiger partial charge in [-0.25, -0.2) is 14.1 Å². The fraction of sp³-hybridized carbons (Fsp3) is 0.471. The second kappa shape index (κ2) is 7.13. The molecule has 3 heterocycles. The largest absolute Gasteiger partial charge is 0.417 e. The molecule has 4 rings (SSSR count). The lowest BCUT2D eigenvalue weighted by atomic mass is 10.1. The van der Waals surface area contributed by atoms with Crippen LogP contribution in [0.25, 0.3) is 0 Å². The molecule has 28 heavy (non-hydrogen) atoms. The molecule has 2 aliphatic heterocycles. The predicted octanol–water partition coefficient (Wildman–Crippen LogP) is 1.92. The second-order valence-electron chi connectivity index (χ2n) is 6.67. The number of ether oxygens (including phenoxy) is 2. The third-order valence-electron chi connectivity index (χ3n) is 4.84. The van der Waals surface area contributed by atoms with Crippen LogP contribution < -0.4 is 0 Å². The summed E-state index contributed by atoms with van der Waals surface area (Å²) < 4.78 is 66.1. The van der Waals surface area contributed by atoms with Gasteiger partial charge in [0.2, 0.25) is 0 Å². The summed E-state index contributed by atoms with van der Waals surface area (Å²) in [5, 5.41) is 4.04. The molecular weight excluding hydrogens is 384 g/mol. The lowest BCUT2D eigenvalue weighted by Crippen LogP contribution is -2.32. The van der Waals surface area contributed by atoms with Crippen molar-refractivity contribution in [1.82, 2.24) is 19.7 Å². The van der Waals surface area contributed by atoms with Crippen LogP contribution in [-0.2, 0) is 15.7 Å². The molecule has 0 unspecified atom stereocenters. The van der Waals surface area contributed by atoms with E-state index in [1.807, 2.05) is 0 Å². The first kappa shape index (κ1) is 18.8. The summed E-state index contributed by atoms with van der Waals surface area (Å²) in [6, 6.07) is 1.85. The first-order chi connectivity index (χ1) is 13.3. The summed E-state index contributed by atoms with van der Waals surface area (Å²) in [6.45, 7) is 0.721. The Balaban J connectivity index is 1.48. The van der Waals surface area contributed by atoms with E-state index >= 15 is 0 Å². The Kier molecular flexibility index (Phi) is 4.79. The molecule has 2 aromatic rings. The number of halogens is 4. The van der Waals surface area contributed by atoms with Gasteiger partial charge in [0.05, 0.1) is 24.3 Å². The van der Waals surface area contributed by atoms with Gasteiger partial charge in [-0.2, -0.15) is 18.3 Å². The maximum absolute atomic E-state index is 13.3. The van der Waals surface area contributed by atoms with Gasteiger partial charge in [0.1, 0.15) is 36.7 Å². The Morgan fingerprint density at radius 2 is 1.82 bits per heavy atom. The van der Waals surface area contributed by atoms with E-state index in [1.54, 1.807) is 11.0 Å². The quantitative estimate of drug-likeness (QED) is 0.721. The smallest absolute Gasteiger partial charge is 0.371 e. The van der Waals surface area contributed by atoms with E-state index in [2.05, 4.69) is 10.1 Å². The molecule has 0 N–H and O–H groups in total. The Morgan fingerprint density at radius 3 is 2.39 bits per heavy atom. The van der Waals surface area contributed by atoms with Crippen LogP contribution in [0, 0.1) is 5.82 Å². The second-order valence-corrected chi connectivity index (χ2v) is 6.67. The van der Waals surface area contributed by atoms with Crippen molar-refractivity contribution in [3.63, 3.8) is 0 Å². The molecule has 150 valence electrons. The maximum atomic E-state index is 13.3. The molecular formula is C17H16F4N4O3. The number of carbonyl (C=O) groups is 1. The molecule has 2 atom stereocenters. The number of alkyl halides is 3. The van der Waals surface area contributed by atoms with Crippen molar-refractivity contribution in [3.8, 4) is 0 Å². The number of rotatable bonds is 2. The minimum absolute atomic E-state index is 0.0856. The molecule has 1 aromatic carbocycles. The number of carbonyl (C=O) groups excluding carboxylic acids is 1. The van der Waals surface area contributed by atoms with Crippen LogP contribution >= 0.6 is 0 Å². The predicted molar refractivity (Wildman–Crippen MR) is 85.8 cm³/mol. The van der Waals surface area contributed by atoms with Crippen LogP contribution in [0.15, 0.2) is 30.9 Å². The van der Waals surface area contributed by atoms with E-state index < -0.39 is 41.2 Å². The van der Waals surface area contributed by atoms with Crippen LogP contribution in [0.1, 0.15) is 22.0 Å². The third kappa shape index (κ3) is 3.59. The molecule has 2 saturated heterocycles. The highest BCUT2D eigenvalue weighted by molar-refractivity contribution is 5.96. The summed E-state index contributed by atoms with van der Waals surface area (Å²) in [6.07, 6.45) is -2.83. The number of amides is 1. The van der Waals surface area contributed by atoms with Gasteiger partial charge in [-0.3, -0.25) is 4.79 Å². The Labute approximate surface area is 156 Å². The van der Waals surface area contributed by atoms with E-state index in [-0.39, 0.29) is 32.3 Å². The summed E-state index contributed by atoms with van der Waals surface area (Å²) in [7, 11) is 0. The van der Waals surface area contributed by atoms with Crippen LogP contribution in [0.2, 0.25) is 0 Å². The normalized spacial score (nSPS) is 23.5. The van der Waals surface area contributed by atoms with Crippen molar-refractivity contribution >= 4 is 5.91 Å². The molecule has 2 aliphatic rings. The van der Waals surface area contributed by atoms with Crippen LogP contribution in [0.3, 0.4) is 0 Å². The fourth-order valence-electron chi connectivity index (χ4n) is 3.41. The van der Waals surface area contributed by atoms with Crippen molar-refractivity contribution < 1.29 is 31.8 Å². The molecule has 1 amide bonds. The zero-order chi connectivity index (χ0) is 19.9. The number of hydrogen-bond acceptors (Lipinski definition) is 5. The van der Waals surface area contributed by atoms with E-state index in [4.69, 9.17) is 9.47 Å². The zero-order valence-corrected chi connectivity index (χ0v) is 14.5. The van der Waals surface area contributed by atoms with Crippen molar-refractivity contribution in [3.05, 3.63) is 47.8 Å². The summed E-state index contributed by atoms with van der Waals surface area (Å²) in [4.78, 5) is 17.8. The number of aromatic nitrogens is 3. The average Bonchev–Trinajstić information content (AvgIpc) is 3.28. The molecule has 0 radical (unpaired) electrons. The van der Waals surface area contributed by atoms with E-state index in [1.165, 1.54) is 11.2 Å². The van der Waals surface area contributed by atoms with Gasteiger partial charge in [0.25, 0.3) is 5.91 Å². The summed E-state index contributed by atoms with van der Waals surface area (Å²) >= 11 is 0. The maximum Gasteiger partial charge on any atom is 0.417 e. The van der Waals surface area contributed by atoms with Gasteiger partial charge in [-0.1, -0.05) is 0 Å². The van der Waals surface area contributed by atoms with Crippen LogP contribution in [0.4, 0.5) is 17.6 Å². The standard InChI is InChI=1S/C17H16F4N4O3/c18-10-1-2-12(13(3-10)17(19,20)21)16(26)24-4-14-15(5-24)28-7-11(6-27-14)25-9-22-8-23-25/h1-3,8-9,11,14-15H,4-7H2/t14-,15-/m0/s1. The minimum Gasteiger partial charge on any atom is -0.371 e. The number of hydrogen-bond donors (Lipinski definition) is 0.